The highest BCUT2D eigenvalue weighted by molar-refractivity contribution is 7.99. The minimum absolute atomic E-state index is 0.0279. The molecular weight excluding hydrogens is 288 g/mol. The van der Waals surface area contributed by atoms with E-state index in [1.54, 1.807) is 0 Å². The number of carboxylic acid groups (broad SMARTS) is 1. The van der Waals surface area contributed by atoms with Gasteiger partial charge in [0.1, 0.15) is 0 Å². The number of thioether (sulfide) groups is 1. The monoisotopic (exact) mass is 306 g/mol. The van der Waals surface area contributed by atoms with E-state index in [1.165, 1.54) is 11.8 Å². The molecule has 7 heteroatoms. The first kappa shape index (κ1) is 15.4. The first-order chi connectivity index (χ1) is 10.0. The standard InChI is InChI=1S/C14H18N4O2S/c1-10(2)18-13(15-16-14(18)21-9-12(19)20)17(3)11-7-5-4-6-8-11/h4-8,10H,9H2,1-3H3,(H,19,20). The molecule has 0 atom stereocenters. The molecule has 0 unspecified atom stereocenters. The molecule has 112 valence electrons. The number of benzene rings is 1. The van der Waals surface area contributed by atoms with Gasteiger partial charge in [0.25, 0.3) is 0 Å². The van der Waals surface area contributed by atoms with E-state index in [-0.39, 0.29) is 11.8 Å². The van der Waals surface area contributed by atoms with Crippen LogP contribution in [0.15, 0.2) is 35.5 Å². The summed E-state index contributed by atoms with van der Waals surface area (Å²) in [4.78, 5) is 12.7. The van der Waals surface area contributed by atoms with Crippen LogP contribution in [0.5, 0.6) is 0 Å². The number of para-hydroxylation sites is 1. The quantitative estimate of drug-likeness (QED) is 0.827. The fourth-order valence-electron chi connectivity index (χ4n) is 1.94. The minimum atomic E-state index is -0.865. The predicted octanol–water partition coefficient (Wildman–Crippen LogP) is 2.80. The van der Waals surface area contributed by atoms with Crippen molar-refractivity contribution in [2.45, 2.75) is 25.0 Å². The molecule has 0 aliphatic heterocycles. The highest BCUT2D eigenvalue weighted by Crippen LogP contribution is 2.29. The maximum atomic E-state index is 10.7. The second kappa shape index (κ2) is 6.62. The molecule has 0 aliphatic carbocycles. The van der Waals surface area contributed by atoms with Gasteiger partial charge in [-0.25, -0.2) is 0 Å². The SMILES string of the molecule is CC(C)n1c(SCC(=O)O)nnc1N(C)c1ccccc1. The van der Waals surface area contributed by atoms with Gasteiger partial charge in [0.05, 0.1) is 5.75 Å². The highest BCUT2D eigenvalue weighted by atomic mass is 32.2. The lowest BCUT2D eigenvalue weighted by Crippen LogP contribution is -2.17. The van der Waals surface area contributed by atoms with Gasteiger partial charge in [-0.1, -0.05) is 30.0 Å². The molecule has 0 saturated carbocycles. The molecule has 0 saturated heterocycles. The molecule has 1 heterocycles. The van der Waals surface area contributed by atoms with E-state index in [2.05, 4.69) is 10.2 Å². The normalized spacial score (nSPS) is 10.9. The summed E-state index contributed by atoms with van der Waals surface area (Å²) in [6, 6.07) is 9.99. The average Bonchev–Trinajstić information content (AvgIpc) is 2.89. The summed E-state index contributed by atoms with van der Waals surface area (Å²) in [5.74, 6) is -0.194. The zero-order valence-electron chi connectivity index (χ0n) is 12.2. The minimum Gasteiger partial charge on any atom is -0.481 e. The molecule has 2 rings (SSSR count). The van der Waals surface area contributed by atoms with Crippen LogP contribution in [0.25, 0.3) is 0 Å². The molecule has 0 radical (unpaired) electrons. The Kier molecular flexibility index (Phi) is 4.85. The number of aliphatic carboxylic acids is 1. The van der Waals surface area contributed by atoms with Gasteiger partial charge in [0.2, 0.25) is 5.95 Å². The molecule has 1 N–H and O–H groups in total. The van der Waals surface area contributed by atoms with E-state index >= 15 is 0 Å². The zero-order chi connectivity index (χ0) is 15.4. The van der Waals surface area contributed by atoms with E-state index < -0.39 is 5.97 Å². The lowest BCUT2D eigenvalue weighted by molar-refractivity contribution is -0.133. The van der Waals surface area contributed by atoms with Crippen molar-refractivity contribution < 1.29 is 9.90 Å². The second-order valence-corrected chi connectivity index (χ2v) is 5.77. The van der Waals surface area contributed by atoms with E-state index in [0.29, 0.717) is 11.1 Å². The van der Waals surface area contributed by atoms with Crippen molar-refractivity contribution in [2.75, 3.05) is 17.7 Å². The molecule has 2 aromatic rings. The molecule has 0 amide bonds. The highest BCUT2D eigenvalue weighted by Gasteiger charge is 2.19. The Morgan fingerprint density at radius 2 is 2.00 bits per heavy atom. The van der Waals surface area contributed by atoms with Gasteiger partial charge in [-0.05, 0) is 26.0 Å². The van der Waals surface area contributed by atoms with Crippen LogP contribution in [-0.4, -0.2) is 38.6 Å². The smallest absolute Gasteiger partial charge is 0.313 e. The summed E-state index contributed by atoms with van der Waals surface area (Å²) in [5.41, 5.74) is 1.00. The van der Waals surface area contributed by atoms with Gasteiger partial charge in [-0.3, -0.25) is 9.36 Å². The van der Waals surface area contributed by atoms with Gasteiger partial charge in [0, 0.05) is 18.8 Å². The van der Waals surface area contributed by atoms with Crippen LogP contribution >= 0.6 is 11.8 Å². The van der Waals surface area contributed by atoms with Gasteiger partial charge < -0.3 is 10.0 Å². The Morgan fingerprint density at radius 3 is 2.57 bits per heavy atom. The van der Waals surface area contributed by atoms with Crippen molar-refractivity contribution in [3.05, 3.63) is 30.3 Å². The molecule has 0 bridgehead atoms. The average molecular weight is 306 g/mol. The van der Waals surface area contributed by atoms with Gasteiger partial charge in [0.15, 0.2) is 5.16 Å². The number of aromatic nitrogens is 3. The Balaban J connectivity index is 2.33. The number of rotatable bonds is 6. The summed E-state index contributed by atoms with van der Waals surface area (Å²) in [5, 5.41) is 17.8. The van der Waals surface area contributed by atoms with Crippen LogP contribution in [0, 0.1) is 0 Å². The van der Waals surface area contributed by atoms with Crippen LogP contribution in [0.1, 0.15) is 19.9 Å². The maximum absolute atomic E-state index is 10.7. The Bertz CT molecular complexity index is 613. The summed E-state index contributed by atoms with van der Waals surface area (Å²) in [7, 11) is 1.92. The molecule has 1 aromatic carbocycles. The van der Waals surface area contributed by atoms with Crippen molar-refractivity contribution in [3.8, 4) is 0 Å². The van der Waals surface area contributed by atoms with Crippen LogP contribution in [0.4, 0.5) is 11.6 Å². The Hall–Kier alpha value is -2.02. The molecule has 1 aromatic heterocycles. The van der Waals surface area contributed by atoms with E-state index in [4.69, 9.17) is 5.11 Å². The molecule has 0 aliphatic rings. The lowest BCUT2D eigenvalue weighted by atomic mass is 10.3. The first-order valence-electron chi connectivity index (χ1n) is 6.59. The summed E-state index contributed by atoms with van der Waals surface area (Å²) >= 11 is 1.18. The van der Waals surface area contributed by atoms with Crippen molar-refractivity contribution in [1.29, 1.82) is 0 Å². The van der Waals surface area contributed by atoms with Crippen molar-refractivity contribution >= 4 is 29.4 Å². The van der Waals surface area contributed by atoms with E-state index in [9.17, 15) is 4.79 Å². The summed E-state index contributed by atoms with van der Waals surface area (Å²) in [6.45, 7) is 4.05. The molecular formula is C14H18N4O2S. The van der Waals surface area contributed by atoms with Crippen LogP contribution < -0.4 is 4.90 Å². The molecule has 0 fully saturated rings. The number of hydrogen-bond acceptors (Lipinski definition) is 5. The number of anilines is 2. The van der Waals surface area contributed by atoms with Crippen LogP contribution in [0.3, 0.4) is 0 Å². The number of hydrogen-bond donors (Lipinski definition) is 1. The van der Waals surface area contributed by atoms with Crippen LogP contribution in [-0.2, 0) is 4.79 Å². The van der Waals surface area contributed by atoms with E-state index in [0.717, 1.165) is 5.69 Å². The summed E-state index contributed by atoms with van der Waals surface area (Å²) < 4.78 is 1.95. The molecule has 21 heavy (non-hydrogen) atoms. The van der Waals surface area contributed by atoms with Gasteiger partial charge >= 0.3 is 5.97 Å². The maximum Gasteiger partial charge on any atom is 0.313 e. The third-order valence-corrected chi connectivity index (χ3v) is 3.86. The second-order valence-electron chi connectivity index (χ2n) is 4.82. The van der Waals surface area contributed by atoms with Crippen molar-refractivity contribution in [1.82, 2.24) is 14.8 Å². The zero-order valence-corrected chi connectivity index (χ0v) is 13.0. The third-order valence-electron chi connectivity index (χ3n) is 2.93. The molecule has 0 spiro atoms. The number of nitrogens with zero attached hydrogens (tertiary/aromatic N) is 4. The van der Waals surface area contributed by atoms with E-state index in [1.807, 2.05) is 60.7 Å². The fourth-order valence-corrected chi connectivity index (χ4v) is 2.72. The lowest BCUT2D eigenvalue weighted by Gasteiger charge is -2.21. The van der Waals surface area contributed by atoms with Crippen molar-refractivity contribution in [3.63, 3.8) is 0 Å². The summed E-state index contributed by atoms with van der Waals surface area (Å²) in [6.07, 6.45) is 0. The third kappa shape index (κ3) is 3.55. The van der Waals surface area contributed by atoms with Gasteiger partial charge in [-0.2, -0.15) is 0 Å². The Morgan fingerprint density at radius 1 is 1.33 bits per heavy atom. The molecule has 6 nitrogen and oxygen atoms in total. The Labute approximate surface area is 127 Å². The topological polar surface area (TPSA) is 71.2 Å². The number of carbonyl (C=O) groups is 1. The van der Waals surface area contributed by atoms with Crippen molar-refractivity contribution in [2.24, 2.45) is 0 Å². The predicted molar refractivity (Wildman–Crippen MR) is 83.3 cm³/mol. The number of carboxylic acids is 1. The first-order valence-corrected chi connectivity index (χ1v) is 7.57. The fraction of sp³-hybridized carbons (Fsp3) is 0.357. The largest absolute Gasteiger partial charge is 0.481 e. The van der Waals surface area contributed by atoms with Crippen LogP contribution in [0.2, 0.25) is 0 Å². The van der Waals surface area contributed by atoms with Gasteiger partial charge in [-0.15, -0.1) is 10.2 Å².